The predicted octanol–water partition coefficient (Wildman–Crippen LogP) is 11.6. The molecule has 1 amide bonds. The summed E-state index contributed by atoms with van der Waals surface area (Å²) in [5.41, 5.74) is 5.37. The lowest BCUT2D eigenvalue weighted by Crippen LogP contribution is -2.45. The van der Waals surface area contributed by atoms with E-state index in [0.717, 1.165) is 51.4 Å². The number of rotatable bonds is 39. The van der Waals surface area contributed by atoms with Gasteiger partial charge in [0, 0.05) is 13.0 Å². The Balaban J connectivity index is 4.26. The smallest absolute Gasteiger partial charge is 0.387 e. The number of aliphatic hydroxyl groups excluding tert-OH is 1. The fourth-order valence-corrected chi connectivity index (χ4v) is 6.74. The van der Waals surface area contributed by atoms with Gasteiger partial charge in [0.05, 0.1) is 25.4 Å². The molecule has 0 bridgehead atoms. The molecule has 0 fully saturated rings. The molecule has 0 aliphatic heterocycles. The highest BCUT2D eigenvalue weighted by Gasteiger charge is 2.26. The van der Waals surface area contributed by atoms with Gasteiger partial charge >= 0.3 is 7.82 Å². The molecule has 8 nitrogen and oxygen atoms in total. The topological polar surface area (TPSA) is 131 Å². The van der Waals surface area contributed by atoms with Crippen LogP contribution < -0.4 is 11.1 Å². The number of phosphoric ester groups is 1. The number of amides is 1. The van der Waals surface area contributed by atoms with Crippen molar-refractivity contribution in [3.63, 3.8) is 0 Å². The van der Waals surface area contributed by atoms with Crippen LogP contribution in [0.25, 0.3) is 0 Å². The molecular formula is C42H81N2O6P. The van der Waals surface area contributed by atoms with Crippen LogP contribution in [0, 0.1) is 0 Å². The second kappa shape index (κ2) is 38.4. The lowest BCUT2D eigenvalue weighted by molar-refractivity contribution is -0.123. The van der Waals surface area contributed by atoms with E-state index in [9.17, 15) is 19.4 Å². The Hall–Kier alpha value is -1.28. The molecule has 0 heterocycles. The van der Waals surface area contributed by atoms with E-state index in [1.54, 1.807) is 6.08 Å². The van der Waals surface area contributed by atoms with E-state index in [1.165, 1.54) is 122 Å². The number of aliphatic hydroxyl groups is 1. The minimum atomic E-state index is -4.34. The van der Waals surface area contributed by atoms with E-state index in [4.69, 9.17) is 14.8 Å². The number of carbonyl (C=O) groups excluding carboxylic acids is 1. The minimum absolute atomic E-state index is 0.0767. The van der Waals surface area contributed by atoms with Gasteiger partial charge in [0.15, 0.2) is 0 Å². The average molecular weight is 741 g/mol. The van der Waals surface area contributed by atoms with Crippen molar-refractivity contribution < 1.29 is 28.4 Å². The van der Waals surface area contributed by atoms with Crippen LogP contribution >= 0.6 is 7.82 Å². The molecular weight excluding hydrogens is 659 g/mol. The van der Waals surface area contributed by atoms with Gasteiger partial charge in [0.2, 0.25) is 5.91 Å². The summed E-state index contributed by atoms with van der Waals surface area (Å²) in [6, 6.07) is -0.863. The molecule has 0 rings (SSSR count). The summed E-state index contributed by atoms with van der Waals surface area (Å²) in [5.74, 6) is -0.203. The van der Waals surface area contributed by atoms with Gasteiger partial charge in [-0.05, 0) is 51.4 Å². The minimum Gasteiger partial charge on any atom is -0.387 e. The highest BCUT2D eigenvalue weighted by molar-refractivity contribution is 7.47. The van der Waals surface area contributed by atoms with E-state index in [2.05, 4.69) is 43.5 Å². The molecule has 0 aromatic carbocycles. The number of allylic oxidation sites excluding steroid dienone is 5. The molecule has 0 spiro atoms. The summed E-state index contributed by atoms with van der Waals surface area (Å²) >= 11 is 0. The molecule has 5 N–H and O–H groups in total. The number of hydrogen-bond acceptors (Lipinski definition) is 6. The maximum absolute atomic E-state index is 12.7. The van der Waals surface area contributed by atoms with E-state index < -0.39 is 20.0 Å². The predicted molar refractivity (Wildman–Crippen MR) is 217 cm³/mol. The Morgan fingerprint density at radius 3 is 1.59 bits per heavy atom. The van der Waals surface area contributed by atoms with E-state index in [1.807, 2.05) is 6.08 Å². The first-order valence-corrected chi connectivity index (χ1v) is 22.6. The Morgan fingerprint density at radius 2 is 1.08 bits per heavy atom. The van der Waals surface area contributed by atoms with E-state index in [-0.39, 0.29) is 25.7 Å². The van der Waals surface area contributed by atoms with Crippen LogP contribution in [0.3, 0.4) is 0 Å². The first-order chi connectivity index (χ1) is 24.9. The lowest BCUT2D eigenvalue weighted by Gasteiger charge is -2.23. The molecule has 0 aromatic heterocycles. The molecule has 3 atom stereocenters. The maximum Gasteiger partial charge on any atom is 0.472 e. The largest absolute Gasteiger partial charge is 0.472 e. The number of phosphoric acid groups is 1. The van der Waals surface area contributed by atoms with Gasteiger partial charge in [0.1, 0.15) is 0 Å². The lowest BCUT2D eigenvalue weighted by atomic mass is 10.0. The SMILES string of the molecule is CCCCC/C=C\C/C=C\CCCCCCCCCC(=O)NC(COP(=O)(O)OCCN)C(O)/C=C/CCCCCCCCCCCCCCC. The molecule has 51 heavy (non-hydrogen) atoms. The maximum atomic E-state index is 12.7. The Morgan fingerprint density at radius 1 is 0.647 bits per heavy atom. The van der Waals surface area contributed by atoms with Gasteiger partial charge < -0.3 is 21.1 Å². The third-order valence-electron chi connectivity index (χ3n) is 9.21. The number of carbonyl (C=O) groups is 1. The zero-order chi connectivity index (χ0) is 37.5. The van der Waals surface area contributed by atoms with Gasteiger partial charge in [-0.3, -0.25) is 13.8 Å². The van der Waals surface area contributed by atoms with Gasteiger partial charge in [-0.25, -0.2) is 4.57 Å². The van der Waals surface area contributed by atoms with Gasteiger partial charge in [-0.15, -0.1) is 0 Å². The molecule has 0 aliphatic rings. The number of unbranched alkanes of at least 4 members (excludes halogenated alkanes) is 23. The van der Waals surface area contributed by atoms with Crippen LogP contribution in [0.5, 0.6) is 0 Å². The second-order valence-corrected chi connectivity index (χ2v) is 15.7. The van der Waals surface area contributed by atoms with Crippen LogP contribution in [0.15, 0.2) is 36.5 Å². The molecule has 0 aromatic rings. The van der Waals surface area contributed by atoms with Crippen molar-refractivity contribution in [2.75, 3.05) is 19.8 Å². The van der Waals surface area contributed by atoms with Gasteiger partial charge in [-0.2, -0.15) is 0 Å². The first-order valence-electron chi connectivity index (χ1n) is 21.1. The molecule has 300 valence electrons. The Bertz CT molecular complexity index is 897. The molecule has 3 unspecified atom stereocenters. The second-order valence-electron chi connectivity index (χ2n) is 14.2. The summed E-state index contributed by atoms with van der Waals surface area (Å²) in [5, 5.41) is 13.6. The monoisotopic (exact) mass is 741 g/mol. The summed E-state index contributed by atoms with van der Waals surface area (Å²) in [7, 11) is -4.34. The van der Waals surface area contributed by atoms with Crippen molar-refractivity contribution in [2.24, 2.45) is 5.73 Å². The summed E-state index contributed by atoms with van der Waals surface area (Å²) in [6.07, 6.45) is 44.7. The van der Waals surface area contributed by atoms with Crippen molar-refractivity contribution in [1.82, 2.24) is 5.32 Å². The number of hydrogen-bond donors (Lipinski definition) is 4. The van der Waals surface area contributed by atoms with Crippen molar-refractivity contribution in [3.8, 4) is 0 Å². The van der Waals surface area contributed by atoms with Crippen molar-refractivity contribution in [2.45, 2.75) is 206 Å². The van der Waals surface area contributed by atoms with Crippen LogP contribution in [-0.4, -0.2) is 47.8 Å². The molecule has 0 aliphatic carbocycles. The summed E-state index contributed by atoms with van der Waals surface area (Å²) in [6.45, 7) is 4.10. The van der Waals surface area contributed by atoms with E-state index in [0.29, 0.717) is 6.42 Å². The summed E-state index contributed by atoms with van der Waals surface area (Å²) in [4.78, 5) is 22.7. The molecule has 0 radical (unpaired) electrons. The van der Waals surface area contributed by atoms with Crippen molar-refractivity contribution >= 4 is 13.7 Å². The van der Waals surface area contributed by atoms with Crippen LogP contribution in [0.1, 0.15) is 194 Å². The zero-order valence-electron chi connectivity index (χ0n) is 33.1. The average Bonchev–Trinajstić information content (AvgIpc) is 3.12. The van der Waals surface area contributed by atoms with Crippen LogP contribution in [-0.2, 0) is 18.4 Å². The normalized spacial score (nSPS) is 14.5. The van der Waals surface area contributed by atoms with Crippen molar-refractivity contribution in [3.05, 3.63) is 36.5 Å². The van der Waals surface area contributed by atoms with Gasteiger partial charge in [0.25, 0.3) is 0 Å². The Labute approximate surface area is 314 Å². The first kappa shape index (κ1) is 49.7. The fourth-order valence-electron chi connectivity index (χ4n) is 5.98. The number of nitrogens with one attached hydrogen (secondary N) is 1. The van der Waals surface area contributed by atoms with Crippen molar-refractivity contribution in [1.29, 1.82) is 0 Å². The third-order valence-corrected chi connectivity index (χ3v) is 10.2. The third kappa shape index (κ3) is 36.9. The molecule has 0 saturated carbocycles. The summed E-state index contributed by atoms with van der Waals surface area (Å²) < 4.78 is 22.1. The highest BCUT2D eigenvalue weighted by atomic mass is 31.2. The standard InChI is InChI=1S/C42H81N2O6P/c1-3-5-7-9-11-13-15-17-19-20-22-24-26-28-30-32-34-36-42(46)44-40(39-50-51(47,48)49-38-37-43)41(45)35-33-31-29-27-25-23-21-18-16-14-12-10-8-6-4-2/h11,13,17,19,33,35,40-41,45H,3-10,12,14-16,18,20-32,34,36-39,43H2,1-2H3,(H,44,46)(H,47,48)/b13-11-,19-17-,35-33+. The van der Waals surface area contributed by atoms with E-state index >= 15 is 0 Å². The molecule has 0 saturated heterocycles. The number of nitrogens with two attached hydrogens (primary N) is 1. The zero-order valence-corrected chi connectivity index (χ0v) is 34.0. The van der Waals surface area contributed by atoms with Gasteiger partial charge in [-0.1, -0.05) is 172 Å². The van der Waals surface area contributed by atoms with Crippen LogP contribution in [0.4, 0.5) is 0 Å². The fraction of sp³-hybridized carbons (Fsp3) is 0.833. The quantitative estimate of drug-likeness (QED) is 0.0280. The highest BCUT2D eigenvalue weighted by Crippen LogP contribution is 2.43. The van der Waals surface area contributed by atoms with Crippen LogP contribution in [0.2, 0.25) is 0 Å². The Kier molecular flexibility index (Phi) is 37.5. The molecule has 9 heteroatoms.